The Labute approximate surface area is 162 Å². The first-order valence-electron chi connectivity index (χ1n) is 8.69. The van der Waals surface area contributed by atoms with Gasteiger partial charge in [0.25, 0.3) is 10.0 Å². The van der Waals surface area contributed by atoms with E-state index >= 15 is 0 Å². The Morgan fingerprint density at radius 1 is 1.07 bits per heavy atom. The molecule has 7 heteroatoms. The Balaban J connectivity index is 1.52. The van der Waals surface area contributed by atoms with Crippen molar-refractivity contribution < 1.29 is 8.42 Å². The highest BCUT2D eigenvalue weighted by Crippen LogP contribution is 2.24. The number of aromatic nitrogens is 2. The van der Waals surface area contributed by atoms with Gasteiger partial charge < -0.3 is 0 Å². The zero-order chi connectivity index (χ0) is 18.9. The van der Waals surface area contributed by atoms with Crippen molar-refractivity contribution in [1.29, 1.82) is 0 Å². The molecule has 138 valence electrons. The monoisotopic (exact) mass is 397 g/mol. The molecule has 2 heterocycles. The minimum Gasteiger partial charge on any atom is -0.297 e. The van der Waals surface area contributed by atoms with Crippen LogP contribution in [0.1, 0.15) is 18.9 Å². The van der Waals surface area contributed by atoms with E-state index in [4.69, 9.17) is 0 Å². The molecule has 0 bridgehead atoms. The van der Waals surface area contributed by atoms with Crippen molar-refractivity contribution in [3.05, 3.63) is 71.9 Å². The van der Waals surface area contributed by atoms with Gasteiger partial charge in [-0.3, -0.25) is 9.12 Å². The molecule has 0 saturated heterocycles. The van der Waals surface area contributed by atoms with Crippen LogP contribution < -0.4 is 4.72 Å². The number of rotatable bonds is 6. The van der Waals surface area contributed by atoms with Gasteiger partial charge in [0.2, 0.25) is 0 Å². The molecule has 0 unspecified atom stereocenters. The lowest BCUT2D eigenvalue weighted by Gasteiger charge is -2.09. The third-order valence-electron chi connectivity index (χ3n) is 4.30. The molecule has 0 atom stereocenters. The molecule has 4 aromatic rings. The van der Waals surface area contributed by atoms with Gasteiger partial charge >= 0.3 is 0 Å². The summed E-state index contributed by atoms with van der Waals surface area (Å²) in [6, 6.07) is 14.3. The van der Waals surface area contributed by atoms with Crippen LogP contribution >= 0.6 is 11.3 Å². The first kappa shape index (κ1) is 17.8. The summed E-state index contributed by atoms with van der Waals surface area (Å²) in [5.74, 6) is 0. The van der Waals surface area contributed by atoms with E-state index in [-0.39, 0.29) is 4.90 Å². The van der Waals surface area contributed by atoms with Crippen LogP contribution in [0.3, 0.4) is 0 Å². The van der Waals surface area contributed by atoms with E-state index in [9.17, 15) is 8.42 Å². The van der Waals surface area contributed by atoms with Crippen LogP contribution in [0.4, 0.5) is 5.69 Å². The lowest BCUT2D eigenvalue weighted by molar-refractivity contribution is 0.601. The van der Waals surface area contributed by atoms with Crippen molar-refractivity contribution in [2.45, 2.75) is 24.7 Å². The van der Waals surface area contributed by atoms with Gasteiger partial charge in [-0.2, -0.15) is 0 Å². The predicted molar refractivity (Wildman–Crippen MR) is 110 cm³/mol. The Kier molecular flexibility index (Phi) is 4.72. The molecule has 4 rings (SSSR count). The summed E-state index contributed by atoms with van der Waals surface area (Å²) in [7, 11) is -3.60. The van der Waals surface area contributed by atoms with Crippen LogP contribution in [-0.4, -0.2) is 17.8 Å². The Hall–Kier alpha value is -2.64. The quantitative estimate of drug-likeness (QED) is 0.507. The topological polar surface area (TPSA) is 63.5 Å². The van der Waals surface area contributed by atoms with Gasteiger partial charge in [0, 0.05) is 29.0 Å². The summed E-state index contributed by atoms with van der Waals surface area (Å²) in [6.45, 7) is 2.10. The van der Waals surface area contributed by atoms with Crippen LogP contribution in [0.2, 0.25) is 0 Å². The average Bonchev–Trinajstić information content (AvgIpc) is 3.25. The number of hydrogen-bond acceptors (Lipinski definition) is 4. The number of fused-ring (bicyclic) bond motifs is 1. The van der Waals surface area contributed by atoms with Gasteiger partial charge in [0.15, 0.2) is 4.96 Å². The second kappa shape index (κ2) is 7.17. The highest BCUT2D eigenvalue weighted by molar-refractivity contribution is 7.92. The minimum atomic E-state index is -3.60. The Morgan fingerprint density at radius 2 is 1.81 bits per heavy atom. The van der Waals surface area contributed by atoms with Crippen molar-refractivity contribution in [1.82, 2.24) is 9.38 Å². The van der Waals surface area contributed by atoms with Crippen LogP contribution in [-0.2, 0) is 16.4 Å². The molecule has 0 aliphatic carbocycles. The van der Waals surface area contributed by atoms with Crippen molar-refractivity contribution in [3.63, 3.8) is 0 Å². The van der Waals surface area contributed by atoms with E-state index < -0.39 is 10.0 Å². The van der Waals surface area contributed by atoms with Gasteiger partial charge in [-0.05, 0) is 36.2 Å². The molecular weight excluding hydrogens is 378 g/mol. The molecule has 0 aliphatic heterocycles. The minimum absolute atomic E-state index is 0.265. The predicted octanol–water partition coefficient (Wildman–Crippen LogP) is 4.82. The molecule has 0 spiro atoms. The average molecular weight is 398 g/mol. The van der Waals surface area contributed by atoms with E-state index in [2.05, 4.69) is 16.6 Å². The molecule has 2 aromatic carbocycles. The summed E-state index contributed by atoms with van der Waals surface area (Å²) in [4.78, 5) is 5.76. The SMILES string of the molecule is CCCc1ccc(S(=O)(=O)Nc2ccc(-c3cn4ccsc4n3)cc2)cc1. The maximum atomic E-state index is 12.6. The number of anilines is 1. The fourth-order valence-corrected chi connectivity index (χ4v) is 4.67. The first-order valence-corrected chi connectivity index (χ1v) is 11.1. The van der Waals surface area contributed by atoms with Crippen LogP contribution in [0.15, 0.2) is 71.2 Å². The number of benzene rings is 2. The summed E-state index contributed by atoms with van der Waals surface area (Å²) in [5.41, 5.74) is 3.47. The fraction of sp³-hybridized carbons (Fsp3) is 0.150. The van der Waals surface area contributed by atoms with E-state index in [1.54, 1.807) is 35.6 Å². The number of nitrogens with one attached hydrogen (secondary N) is 1. The van der Waals surface area contributed by atoms with Crippen LogP contribution in [0, 0.1) is 0 Å². The molecule has 2 aromatic heterocycles. The highest BCUT2D eigenvalue weighted by atomic mass is 32.2. The maximum absolute atomic E-state index is 12.6. The zero-order valence-corrected chi connectivity index (χ0v) is 16.4. The lowest BCUT2D eigenvalue weighted by atomic mass is 10.1. The normalized spacial score (nSPS) is 11.7. The molecule has 0 saturated carbocycles. The van der Waals surface area contributed by atoms with Crippen molar-refractivity contribution in [3.8, 4) is 11.3 Å². The Morgan fingerprint density at radius 3 is 2.48 bits per heavy atom. The van der Waals surface area contributed by atoms with Gasteiger partial charge in [0.1, 0.15) is 0 Å². The summed E-state index contributed by atoms with van der Waals surface area (Å²) in [5, 5.41) is 1.98. The number of imidazole rings is 1. The second-order valence-corrected chi connectivity index (χ2v) is 8.85. The lowest BCUT2D eigenvalue weighted by Crippen LogP contribution is -2.12. The molecule has 0 amide bonds. The second-order valence-electron chi connectivity index (χ2n) is 6.30. The number of thiazole rings is 1. The van der Waals surface area contributed by atoms with E-state index in [1.165, 1.54) is 0 Å². The smallest absolute Gasteiger partial charge is 0.261 e. The fourth-order valence-electron chi connectivity index (χ4n) is 2.91. The van der Waals surface area contributed by atoms with Crippen molar-refractivity contribution >= 4 is 32.0 Å². The van der Waals surface area contributed by atoms with E-state index in [0.29, 0.717) is 5.69 Å². The van der Waals surface area contributed by atoms with Crippen molar-refractivity contribution in [2.24, 2.45) is 0 Å². The van der Waals surface area contributed by atoms with Crippen LogP contribution in [0.25, 0.3) is 16.2 Å². The third kappa shape index (κ3) is 3.74. The number of hydrogen-bond donors (Lipinski definition) is 1. The molecule has 1 N–H and O–H groups in total. The number of nitrogens with zero attached hydrogens (tertiary/aromatic N) is 2. The van der Waals surface area contributed by atoms with E-state index in [1.807, 2.05) is 46.4 Å². The third-order valence-corrected chi connectivity index (χ3v) is 6.47. The molecule has 0 fully saturated rings. The largest absolute Gasteiger partial charge is 0.297 e. The van der Waals surface area contributed by atoms with E-state index in [0.717, 1.165) is 34.6 Å². The summed E-state index contributed by atoms with van der Waals surface area (Å²) < 4.78 is 29.8. The van der Waals surface area contributed by atoms with Gasteiger partial charge in [-0.1, -0.05) is 37.6 Å². The maximum Gasteiger partial charge on any atom is 0.261 e. The number of aryl methyl sites for hydroxylation is 1. The first-order chi connectivity index (χ1) is 13.0. The molecular formula is C20H19N3O2S2. The van der Waals surface area contributed by atoms with Gasteiger partial charge in [-0.25, -0.2) is 13.4 Å². The standard InChI is InChI=1S/C20H19N3O2S2/c1-2-3-15-4-10-18(11-5-15)27(24,25)22-17-8-6-16(7-9-17)19-14-23-12-13-26-20(23)21-19/h4-14,22H,2-3H2,1H3. The highest BCUT2D eigenvalue weighted by Gasteiger charge is 2.14. The molecule has 0 aliphatic rings. The summed E-state index contributed by atoms with van der Waals surface area (Å²) >= 11 is 1.58. The molecule has 27 heavy (non-hydrogen) atoms. The molecule has 0 radical (unpaired) electrons. The zero-order valence-electron chi connectivity index (χ0n) is 14.8. The van der Waals surface area contributed by atoms with Gasteiger partial charge in [0.05, 0.1) is 10.6 Å². The van der Waals surface area contributed by atoms with Crippen molar-refractivity contribution in [2.75, 3.05) is 4.72 Å². The van der Waals surface area contributed by atoms with Crippen LogP contribution in [0.5, 0.6) is 0 Å². The summed E-state index contributed by atoms with van der Waals surface area (Å²) in [6.07, 6.45) is 5.90. The Bertz CT molecular complexity index is 1130. The van der Waals surface area contributed by atoms with Gasteiger partial charge in [-0.15, -0.1) is 11.3 Å². The molecule has 5 nitrogen and oxygen atoms in total. The number of sulfonamides is 1.